The van der Waals surface area contributed by atoms with Crippen LogP contribution in [0.25, 0.3) is 11.4 Å². The van der Waals surface area contributed by atoms with Crippen molar-refractivity contribution >= 4 is 18.3 Å². The smallest absolute Gasteiger partial charge is 0.243 e. The Morgan fingerprint density at radius 2 is 1.71 bits per heavy atom. The van der Waals surface area contributed by atoms with Gasteiger partial charge in [-0.05, 0) is 22.3 Å². The number of nitrogens with zero attached hydrogens (tertiary/aromatic N) is 4. The third kappa shape index (κ3) is 5.61. The first-order valence-corrected chi connectivity index (χ1v) is 8.98. The van der Waals surface area contributed by atoms with E-state index < -0.39 is 0 Å². The molecule has 1 heterocycles. The van der Waals surface area contributed by atoms with Gasteiger partial charge in [-0.15, -0.1) is 22.6 Å². The molecule has 0 spiro atoms. The second-order valence-corrected chi connectivity index (χ2v) is 6.74. The van der Waals surface area contributed by atoms with Gasteiger partial charge in [-0.1, -0.05) is 68.4 Å². The minimum Gasteiger partial charge on any atom is -0.353 e. The van der Waals surface area contributed by atoms with Gasteiger partial charge in [-0.25, -0.2) is 0 Å². The maximum atomic E-state index is 12.1. The number of nitrogens with two attached hydrogens (primary N) is 1. The zero-order valence-corrected chi connectivity index (χ0v) is 16.8. The summed E-state index contributed by atoms with van der Waals surface area (Å²) in [7, 11) is 0. The summed E-state index contributed by atoms with van der Waals surface area (Å²) in [4.78, 5) is 13.4. The van der Waals surface area contributed by atoms with Crippen LogP contribution in [-0.4, -0.2) is 32.7 Å². The van der Waals surface area contributed by atoms with Crippen molar-refractivity contribution in [3.63, 3.8) is 0 Å². The van der Waals surface area contributed by atoms with Crippen molar-refractivity contribution in [1.29, 1.82) is 0 Å². The molecule has 1 amide bonds. The summed E-state index contributed by atoms with van der Waals surface area (Å²) in [6.45, 7) is 4.64. The molecule has 0 aliphatic rings. The van der Waals surface area contributed by atoms with E-state index >= 15 is 0 Å². The largest absolute Gasteiger partial charge is 0.353 e. The van der Waals surface area contributed by atoms with Crippen molar-refractivity contribution in [3.05, 3.63) is 65.7 Å². The van der Waals surface area contributed by atoms with Crippen LogP contribution in [-0.2, 0) is 11.3 Å². The number of amides is 1. The molecule has 7 nitrogen and oxygen atoms in total. The van der Waals surface area contributed by atoms with Crippen molar-refractivity contribution < 1.29 is 4.79 Å². The molecule has 0 aliphatic carbocycles. The topological polar surface area (TPSA) is 98.7 Å². The average Bonchev–Trinajstić information content (AvgIpc) is 3.15. The highest BCUT2D eigenvalue weighted by atomic mass is 35.5. The molecule has 0 bridgehead atoms. The summed E-state index contributed by atoms with van der Waals surface area (Å²) in [5.74, 6) is 0.762. The molecule has 3 rings (SSSR count). The van der Waals surface area contributed by atoms with Crippen LogP contribution in [0.15, 0.2) is 54.6 Å². The predicted octanol–water partition coefficient (Wildman–Crippen LogP) is 2.70. The van der Waals surface area contributed by atoms with Gasteiger partial charge in [0.05, 0.1) is 0 Å². The molecule has 148 valence electrons. The van der Waals surface area contributed by atoms with Crippen LogP contribution < -0.4 is 11.1 Å². The molecular weight excluding hydrogens is 376 g/mol. The molecule has 3 N–H and O–H groups in total. The Morgan fingerprint density at radius 3 is 2.36 bits per heavy atom. The molecule has 28 heavy (non-hydrogen) atoms. The molecule has 0 radical (unpaired) electrons. The molecule has 8 heteroatoms. The van der Waals surface area contributed by atoms with Crippen molar-refractivity contribution in [3.8, 4) is 11.4 Å². The summed E-state index contributed by atoms with van der Waals surface area (Å²) in [5.41, 5.74) is 9.29. The highest BCUT2D eigenvalue weighted by molar-refractivity contribution is 5.85. The Hall–Kier alpha value is -2.77. The SMILES string of the molecule is CC(C)c1ccc(C(N)CNC(=O)Cn2nnc(-c3ccccc3)n2)cc1.Cl. The second kappa shape index (κ2) is 9.96. The van der Waals surface area contributed by atoms with Crippen LogP contribution in [0.4, 0.5) is 0 Å². The first kappa shape index (κ1) is 21.5. The third-order valence-electron chi connectivity index (χ3n) is 4.32. The number of rotatable bonds is 7. The van der Waals surface area contributed by atoms with Gasteiger partial charge < -0.3 is 11.1 Å². The van der Waals surface area contributed by atoms with E-state index in [1.807, 2.05) is 42.5 Å². The van der Waals surface area contributed by atoms with Crippen molar-refractivity contribution in [2.24, 2.45) is 5.73 Å². The van der Waals surface area contributed by atoms with Gasteiger partial charge in [0.2, 0.25) is 11.7 Å². The Morgan fingerprint density at radius 1 is 1.07 bits per heavy atom. The summed E-state index contributed by atoms with van der Waals surface area (Å²) in [6.07, 6.45) is 0. The van der Waals surface area contributed by atoms with E-state index in [0.29, 0.717) is 18.3 Å². The van der Waals surface area contributed by atoms with Crippen LogP contribution in [0.5, 0.6) is 0 Å². The number of hydrogen-bond acceptors (Lipinski definition) is 5. The number of hydrogen-bond donors (Lipinski definition) is 2. The Balaban J connectivity index is 0.00000280. The maximum Gasteiger partial charge on any atom is 0.243 e. The Bertz CT molecular complexity index is 879. The lowest BCUT2D eigenvalue weighted by atomic mass is 9.99. The number of carbonyl (C=O) groups is 1. The lowest BCUT2D eigenvalue weighted by Crippen LogP contribution is -2.34. The summed E-state index contributed by atoms with van der Waals surface area (Å²) < 4.78 is 0. The van der Waals surface area contributed by atoms with Crippen molar-refractivity contribution in [2.75, 3.05) is 6.54 Å². The van der Waals surface area contributed by atoms with Gasteiger partial charge >= 0.3 is 0 Å². The van der Waals surface area contributed by atoms with Crippen LogP contribution >= 0.6 is 12.4 Å². The molecule has 0 saturated heterocycles. The molecule has 0 saturated carbocycles. The molecule has 0 fully saturated rings. The van der Waals surface area contributed by atoms with E-state index in [1.54, 1.807) is 0 Å². The number of carbonyl (C=O) groups excluding carboxylic acids is 1. The van der Waals surface area contributed by atoms with Crippen LogP contribution in [0.3, 0.4) is 0 Å². The van der Waals surface area contributed by atoms with Crippen molar-refractivity contribution in [2.45, 2.75) is 32.4 Å². The van der Waals surface area contributed by atoms with Gasteiger partial charge in [-0.2, -0.15) is 4.80 Å². The Kier molecular flexibility index (Phi) is 7.66. The van der Waals surface area contributed by atoms with E-state index in [9.17, 15) is 4.79 Å². The molecular formula is C20H25ClN6O. The van der Waals surface area contributed by atoms with E-state index in [2.05, 4.69) is 46.7 Å². The quantitative estimate of drug-likeness (QED) is 0.635. The van der Waals surface area contributed by atoms with E-state index in [-0.39, 0.29) is 30.9 Å². The highest BCUT2D eigenvalue weighted by Gasteiger charge is 2.12. The summed E-state index contributed by atoms with van der Waals surface area (Å²) >= 11 is 0. The zero-order valence-electron chi connectivity index (χ0n) is 15.9. The normalized spacial score (nSPS) is 11.7. The van der Waals surface area contributed by atoms with Crippen molar-refractivity contribution in [1.82, 2.24) is 25.5 Å². The number of nitrogens with one attached hydrogen (secondary N) is 1. The van der Waals surface area contributed by atoms with E-state index in [0.717, 1.165) is 11.1 Å². The fraction of sp³-hybridized carbons (Fsp3) is 0.300. The van der Waals surface area contributed by atoms with Crippen LogP contribution in [0, 0.1) is 0 Å². The average molecular weight is 401 g/mol. The minimum atomic E-state index is -0.265. The van der Waals surface area contributed by atoms with Gasteiger partial charge in [0, 0.05) is 18.2 Å². The second-order valence-electron chi connectivity index (χ2n) is 6.74. The first-order chi connectivity index (χ1) is 13.0. The van der Waals surface area contributed by atoms with Crippen LogP contribution in [0.2, 0.25) is 0 Å². The summed E-state index contributed by atoms with van der Waals surface area (Å²) in [5, 5.41) is 15.0. The molecule has 0 aliphatic heterocycles. The van der Waals surface area contributed by atoms with Gasteiger partial charge in [-0.3, -0.25) is 4.79 Å². The molecule has 1 aromatic heterocycles. The highest BCUT2D eigenvalue weighted by Crippen LogP contribution is 2.17. The van der Waals surface area contributed by atoms with Gasteiger partial charge in [0.1, 0.15) is 6.54 Å². The third-order valence-corrected chi connectivity index (χ3v) is 4.32. The lowest BCUT2D eigenvalue weighted by Gasteiger charge is -2.14. The Labute approximate surface area is 170 Å². The van der Waals surface area contributed by atoms with Gasteiger partial charge in [0.25, 0.3) is 0 Å². The molecule has 1 atom stereocenters. The number of halogens is 1. The minimum absolute atomic E-state index is 0. The fourth-order valence-electron chi connectivity index (χ4n) is 2.67. The number of tetrazole rings is 1. The lowest BCUT2D eigenvalue weighted by molar-refractivity contribution is -0.122. The van der Waals surface area contributed by atoms with Crippen LogP contribution in [0.1, 0.15) is 36.9 Å². The molecule has 2 aromatic carbocycles. The van der Waals surface area contributed by atoms with E-state index in [4.69, 9.17) is 5.73 Å². The molecule has 3 aromatic rings. The monoisotopic (exact) mass is 400 g/mol. The molecule has 1 unspecified atom stereocenters. The summed E-state index contributed by atoms with van der Waals surface area (Å²) in [6, 6.07) is 17.4. The fourth-order valence-corrected chi connectivity index (χ4v) is 2.67. The van der Waals surface area contributed by atoms with E-state index in [1.165, 1.54) is 10.4 Å². The van der Waals surface area contributed by atoms with Gasteiger partial charge in [0.15, 0.2) is 0 Å². The standard InChI is InChI=1S/C20H24N6O.ClH/c1-14(2)15-8-10-16(11-9-15)18(21)12-22-19(27)13-26-24-20(23-25-26)17-6-4-3-5-7-17;/h3-11,14,18H,12-13,21H2,1-2H3,(H,22,27);1H. The maximum absolute atomic E-state index is 12.1. The number of aromatic nitrogens is 4. The predicted molar refractivity (Wildman–Crippen MR) is 111 cm³/mol. The number of benzene rings is 2. The zero-order chi connectivity index (χ0) is 19.2. The first-order valence-electron chi connectivity index (χ1n) is 8.98.